The lowest BCUT2D eigenvalue weighted by Gasteiger charge is -2.13. The first-order valence-corrected chi connectivity index (χ1v) is 6.78. The van der Waals surface area contributed by atoms with Crippen LogP contribution in [0, 0.1) is 6.01 Å². The predicted octanol–water partition coefficient (Wildman–Crippen LogP) is 3.37. The zero-order valence-corrected chi connectivity index (χ0v) is 11.5. The standard InChI is InChI=1S/C16H16FNO3/c1-9(7-15(19)20)11-8-18-12-4-2-3-10(16(11)12)13-5-6-14(17)21-13/h2-6,8-9,15,18-20H,7H2,1H3. The molecular formula is C16H16FNO3. The zero-order chi connectivity index (χ0) is 15.0. The minimum Gasteiger partial charge on any atom is -0.431 e. The van der Waals surface area contributed by atoms with Crippen molar-refractivity contribution in [2.75, 3.05) is 0 Å². The molecule has 0 bridgehead atoms. The summed E-state index contributed by atoms with van der Waals surface area (Å²) in [5.74, 6) is 0.399. The molecule has 0 aliphatic heterocycles. The van der Waals surface area contributed by atoms with Crippen LogP contribution in [0.5, 0.6) is 0 Å². The molecule has 0 amide bonds. The predicted molar refractivity (Wildman–Crippen MR) is 77.2 cm³/mol. The van der Waals surface area contributed by atoms with Gasteiger partial charge in [-0.2, -0.15) is 4.39 Å². The first-order chi connectivity index (χ1) is 10.1. The molecule has 21 heavy (non-hydrogen) atoms. The van der Waals surface area contributed by atoms with E-state index < -0.39 is 12.3 Å². The zero-order valence-electron chi connectivity index (χ0n) is 11.5. The summed E-state index contributed by atoms with van der Waals surface area (Å²) in [6, 6.07) is 7.89. The van der Waals surface area contributed by atoms with Crippen molar-refractivity contribution in [2.45, 2.75) is 25.6 Å². The van der Waals surface area contributed by atoms with E-state index in [1.165, 1.54) is 6.07 Å². The Kier molecular flexibility index (Phi) is 3.53. The second-order valence-electron chi connectivity index (χ2n) is 5.19. The highest BCUT2D eigenvalue weighted by Gasteiger charge is 2.18. The Bertz CT molecular complexity index is 760. The minimum absolute atomic E-state index is 0.0558. The fourth-order valence-electron chi connectivity index (χ4n) is 2.71. The van der Waals surface area contributed by atoms with Crippen molar-refractivity contribution in [3.05, 3.63) is 48.1 Å². The van der Waals surface area contributed by atoms with E-state index in [0.29, 0.717) is 5.76 Å². The molecule has 4 nitrogen and oxygen atoms in total. The van der Waals surface area contributed by atoms with Crippen LogP contribution in [-0.2, 0) is 0 Å². The topological polar surface area (TPSA) is 69.4 Å². The maximum Gasteiger partial charge on any atom is 0.278 e. The van der Waals surface area contributed by atoms with Crippen LogP contribution in [0.2, 0.25) is 0 Å². The SMILES string of the molecule is CC(CC(O)O)c1c[nH]c2cccc(-c3ccc(F)o3)c12. The average molecular weight is 289 g/mol. The van der Waals surface area contributed by atoms with E-state index in [1.807, 2.05) is 31.3 Å². The van der Waals surface area contributed by atoms with E-state index in [9.17, 15) is 4.39 Å². The Balaban J connectivity index is 2.15. The highest BCUT2D eigenvalue weighted by atomic mass is 19.1. The highest BCUT2D eigenvalue weighted by Crippen LogP contribution is 2.36. The lowest BCUT2D eigenvalue weighted by molar-refractivity contribution is -0.0487. The number of aromatic nitrogens is 1. The Morgan fingerprint density at radius 2 is 2.05 bits per heavy atom. The average Bonchev–Trinajstić information content (AvgIpc) is 3.03. The van der Waals surface area contributed by atoms with E-state index in [-0.39, 0.29) is 12.3 Å². The van der Waals surface area contributed by atoms with Crippen molar-refractivity contribution in [1.29, 1.82) is 0 Å². The Morgan fingerprint density at radius 3 is 2.71 bits per heavy atom. The van der Waals surface area contributed by atoms with Crippen LogP contribution in [0.3, 0.4) is 0 Å². The lowest BCUT2D eigenvalue weighted by Crippen LogP contribution is -2.08. The summed E-state index contributed by atoms with van der Waals surface area (Å²) in [5, 5.41) is 19.2. The molecular weight excluding hydrogens is 273 g/mol. The number of nitrogens with one attached hydrogen (secondary N) is 1. The fraction of sp³-hybridized carbons (Fsp3) is 0.250. The number of H-pyrrole nitrogens is 1. The highest BCUT2D eigenvalue weighted by molar-refractivity contribution is 5.96. The molecule has 2 aromatic heterocycles. The van der Waals surface area contributed by atoms with Gasteiger partial charge in [-0.15, -0.1) is 0 Å². The first kappa shape index (κ1) is 13.9. The van der Waals surface area contributed by atoms with Gasteiger partial charge >= 0.3 is 0 Å². The summed E-state index contributed by atoms with van der Waals surface area (Å²) in [6.45, 7) is 1.92. The maximum atomic E-state index is 13.1. The number of aromatic amines is 1. The van der Waals surface area contributed by atoms with Gasteiger partial charge in [-0.05, 0) is 23.6 Å². The molecule has 110 valence electrons. The molecule has 0 fully saturated rings. The summed E-state index contributed by atoms with van der Waals surface area (Å²) in [4.78, 5) is 3.16. The number of rotatable bonds is 4. The van der Waals surface area contributed by atoms with Crippen molar-refractivity contribution in [3.63, 3.8) is 0 Å². The number of hydrogen-bond donors (Lipinski definition) is 3. The first-order valence-electron chi connectivity index (χ1n) is 6.78. The smallest absolute Gasteiger partial charge is 0.278 e. The third-order valence-corrected chi connectivity index (χ3v) is 3.67. The minimum atomic E-state index is -1.36. The van der Waals surface area contributed by atoms with Gasteiger partial charge in [0.25, 0.3) is 6.01 Å². The van der Waals surface area contributed by atoms with E-state index in [1.54, 1.807) is 6.07 Å². The monoisotopic (exact) mass is 289 g/mol. The molecule has 1 atom stereocenters. The number of fused-ring (bicyclic) bond motifs is 1. The van der Waals surface area contributed by atoms with Gasteiger partial charge in [-0.25, -0.2) is 0 Å². The molecule has 0 radical (unpaired) electrons. The number of aliphatic hydroxyl groups is 2. The van der Waals surface area contributed by atoms with Crippen molar-refractivity contribution < 1.29 is 19.0 Å². The third kappa shape index (κ3) is 2.57. The van der Waals surface area contributed by atoms with E-state index in [2.05, 4.69) is 4.98 Å². The van der Waals surface area contributed by atoms with Crippen LogP contribution in [-0.4, -0.2) is 21.5 Å². The van der Waals surface area contributed by atoms with E-state index >= 15 is 0 Å². The van der Waals surface area contributed by atoms with Gasteiger partial charge in [0.05, 0.1) is 0 Å². The van der Waals surface area contributed by atoms with Gasteiger partial charge in [0.15, 0.2) is 6.29 Å². The molecule has 5 heteroatoms. The van der Waals surface area contributed by atoms with Gasteiger partial charge in [0, 0.05) is 35.2 Å². The van der Waals surface area contributed by atoms with E-state index in [0.717, 1.165) is 22.0 Å². The second kappa shape index (κ2) is 5.35. The van der Waals surface area contributed by atoms with Gasteiger partial charge in [0.2, 0.25) is 0 Å². The van der Waals surface area contributed by atoms with Crippen LogP contribution in [0.1, 0.15) is 24.8 Å². The summed E-state index contributed by atoms with van der Waals surface area (Å²) < 4.78 is 18.2. The largest absolute Gasteiger partial charge is 0.431 e. The Hall–Kier alpha value is -2.11. The molecule has 1 aromatic carbocycles. The molecule has 0 saturated heterocycles. The number of halogens is 1. The van der Waals surface area contributed by atoms with Crippen LogP contribution in [0.25, 0.3) is 22.2 Å². The number of aliphatic hydroxyl groups excluding tert-OH is 1. The molecule has 3 rings (SSSR count). The lowest BCUT2D eigenvalue weighted by atomic mass is 9.94. The molecule has 0 spiro atoms. The summed E-state index contributed by atoms with van der Waals surface area (Å²) in [7, 11) is 0. The van der Waals surface area contributed by atoms with E-state index in [4.69, 9.17) is 14.6 Å². The van der Waals surface area contributed by atoms with Crippen molar-refractivity contribution in [2.24, 2.45) is 0 Å². The number of hydrogen-bond acceptors (Lipinski definition) is 3. The van der Waals surface area contributed by atoms with Crippen LogP contribution >= 0.6 is 0 Å². The summed E-state index contributed by atoms with van der Waals surface area (Å²) >= 11 is 0. The number of furan rings is 1. The molecule has 2 heterocycles. The molecule has 3 N–H and O–H groups in total. The van der Waals surface area contributed by atoms with Crippen molar-refractivity contribution in [1.82, 2.24) is 4.98 Å². The second-order valence-corrected chi connectivity index (χ2v) is 5.19. The van der Waals surface area contributed by atoms with Crippen LogP contribution in [0.15, 0.2) is 40.9 Å². The molecule has 1 unspecified atom stereocenters. The molecule has 0 saturated carbocycles. The van der Waals surface area contributed by atoms with Gasteiger partial charge in [-0.3, -0.25) is 0 Å². The van der Waals surface area contributed by atoms with Gasteiger partial charge < -0.3 is 19.6 Å². The Morgan fingerprint density at radius 1 is 1.24 bits per heavy atom. The number of benzene rings is 1. The molecule has 0 aliphatic rings. The van der Waals surface area contributed by atoms with Crippen LogP contribution < -0.4 is 0 Å². The van der Waals surface area contributed by atoms with Gasteiger partial charge in [0.1, 0.15) is 5.76 Å². The normalized spacial score (nSPS) is 13.2. The van der Waals surface area contributed by atoms with Crippen molar-refractivity contribution >= 4 is 10.9 Å². The fourth-order valence-corrected chi connectivity index (χ4v) is 2.71. The third-order valence-electron chi connectivity index (χ3n) is 3.67. The molecule has 3 aromatic rings. The molecule has 0 aliphatic carbocycles. The van der Waals surface area contributed by atoms with Gasteiger partial charge in [-0.1, -0.05) is 19.1 Å². The van der Waals surface area contributed by atoms with Crippen molar-refractivity contribution in [3.8, 4) is 11.3 Å². The summed E-state index contributed by atoms with van der Waals surface area (Å²) in [5.41, 5.74) is 2.64. The summed E-state index contributed by atoms with van der Waals surface area (Å²) in [6.07, 6.45) is 0.715. The maximum absolute atomic E-state index is 13.1. The quantitative estimate of drug-likeness (QED) is 0.645. The Labute approximate surface area is 120 Å². The van der Waals surface area contributed by atoms with Crippen LogP contribution in [0.4, 0.5) is 4.39 Å².